The first-order valence-corrected chi connectivity index (χ1v) is 11.2. The van der Waals surface area contributed by atoms with Crippen LogP contribution in [0.4, 0.5) is 0 Å². The van der Waals surface area contributed by atoms with Crippen LogP contribution in [0.2, 0.25) is 0 Å². The van der Waals surface area contributed by atoms with E-state index in [0.29, 0.717) is 0 Å². The van der Waals surface area contributed by atoms with Crippen LogP contribution in [-0.2, 0) is 61.9 Å². The van der Waals surface area contributed by atoms with E-state index < -0.39 is 91.2 Å². The second-order valence-corrected chi connectivity index (χ2v) is 8.28. The molecule has 1 aliphatic heterocycles. The van der Waals surface area contributed by atoms with Gasteiger partial charge in [-0.05, 0) is 6.92 Å². The first-order chi connectivity index (χ1) is 17.1. The highest BCUT2D eigenvalue weighted by molar-refractivity contribution is 5.79. The molecule has 0 bridgehead atoms. The molecule has 0 aromatic heterocycles. The van der Waals surface area contributed by atoms with Crippen molar-refractivity contribution in [2.75, 3.05) is 13.7 Å². The Hall–Kier alpha value is -3.30. The quantitative estimate of drug-likeness (QED) is 0.231. The predicted octanol–water partition coefficient (Wildman–Crippen LogP) is -0.790. The van der Waals surface area contributed by atoms with E-state index in [2.05, 4.69) is 0 Å². The third-order valence-electron chi connectivity index (χ3n) is 5.13. The molecule has 0 aromatic rings. The predicted molar refractivity (Wildman–Crippen MR) is 118 cm³/mol. The number of rotatable bonds is 12. The second kappa shape index (κ2) is 13.9. The number of esters is 5. The van der Waals surface area contributed by atoms with Gasteiger partial charge in [-0.15, -0.1) is 0 Å². The molecule has 1 rings (SSSR count). The van der Waals surface area contributed by atoms with Gasteiger partial charge in [-0.3, -0.25) is 24.0 Å². The molecule has 3 N–H and O–H groups in total. The number of carboxylic acid groups (broad SMARTS) is 1. The second-order valence-electron chi connectivity index (χ2n) is 8.28. The molecule has 4 unspecified atom stereocenters. The number of hydrogen-bond donors (Lipinski definition) is 2. The highest BCUT2D eigenvalue weighted by Gasteiger charge is 2.56. The number of carbonyl (C=O) groups excluding carboxylic acids is 5. The summed E-state index contributed by atoms with van der Waals surface area (Å²) in [4.78, 5) is 71.2. The number of carbonyl (C=O) groups is 6. The minimum atomic E-state index is -2.38. The molecular weight excluding hydrogens is 502 g/mol. The summed E-state index contributed by atoms with van der Waals surface area (Å²) in [5, 5.41) is 9.25. The minimum Gasteiger partial charge on any atom is -0.480 e. The topological polar surface area (TPSA) is 213 Å². The summed E-state index contributed by atoms with van der Waals surface area (Å²) >= 11 is 0. The number of methoxy groups -OCH3 is 1. The van der Waals surface area contributed by atoms with Gasteiger partial charge in [0, 0.05) is 34.1 Å². The molecule has 0 aliphatic carbocycles. The van der Waals surface area contributed by atoms with Crippen LogP contribution in [0.5, 0.6) is 0 Å². The Morgan fingerprint density at radius 3 is 2.05 bits per heavy atom. The van der Waals surface area contributed by atoms with Gasteiger partial charge in [-0.25, -0.2) is 4.79 Å². The van der Waals surface area contributed by atoms with Crippen molar-refractivity contribution in [3.05, 3.63) is 0 Å². The van der Waals surface area contributed by atoms with Crippen LogP contribution < -0.4 is 5.73 Å². The summed E-state index contributed by atoms with van der Waals surface area (Å²) in [6, 6.07) is -1.60. The summed E-state index contributed by atoms with van der Waals surface area (Å²) in [6.45, 7) is 5.03. The Kier molecular flexibility index (Phi) is 11.9. The van der Waals surface area contributed by atoms with E-state index in [1.807, 2.05) is 0 Å². The first-order valence-electron chi connectivity index (χ1n) is 11.2. The maximum absolute atomic E-state index is 12.9. The van der Waals surface area contributed by atoms with Crippen LogP contribution in [0.1, 0.15) is 47.5 Å². The summed E-state index contributed by atoms with van der Waals surface area (Å²) in [6.07, 6.45) is -7.37. The molecule has 0 amide bonds. The van der Waals surface area contributed by atoms with Crippen LogP contribution in [0.15, 0.2) is 0 Å². The van der Waals surface area contributed by atoms with Gasteiger partial charge < -0.3 is 44.0 Å². The third kappa shape index (κ3) is 9.59. The molecular formula is C22H33NO14. The van der Waals surface area contributed by atoms with Crippen molar-refractivity contribution in [3.8, 4) is 0 Å². The Morgan fingerprint density at radius 1 is 1.00 bits per heavy atom. The zero-order valence-electron chi connectivity index (χ0n) is 21.4. The Bertz CT molecular complexity index is 875. The lowest BCUT2D eigenvalue weighted by Gasteiger charge is -2.45. The monoisotopic (exact) mass is 535 g/mol. The molecule has 1 heterocycles. The first kappa shape index (κ1) is 31.7. The Morgan fingerprint density at radius 2 is 1.59 bits per heavy atom. The summed E-state index contributed by atoms with van der Waals surface area (Å²) < 4.78 is 37.2. The highest BCUT2D eigenvalue weighted by Crippen LogP contribution is 2.37. The van der Waals surface area contributed by atoms with Crippen molar-refractivity contribution >= 4 is 35.8 Å². The van der Waals surface area contributed by atoms with Crippen molar-refractivity contribution in [1.82, 2.24) is 0 Å². The van der Waals surface area contributed by atoms with E-state index in [1.54, 1.807) is 0 Å². The van der Waals surface area contributed by atoms with Gasteiger partial charge in [0.25, 0.3) is 5.79 Å². The van der Waals surface area contributed by atoms with E-state index in [0.717, 1.165) is 34.8 Å². The molecule has 15 heteroatoms. The molecule has 37 heavy (non-hydrogen) atoms. The SMILES string of the molecule is COC(=O)[C@@]1(O[C@H](C)[C@H](N)C(=O)O)CC(OC(C)=O)CC(C(OC(C)=O)C(COC(C)=O)OC(C)=O)O1. The molecule has 0 aromatic carbocycles. The maximum Gasteiger partial charge on any atom is 0.366 e. The van der Waals surface area contributed by atoms with Gasteiger partial charge in [0.1, 0.15) is 24.9 Å². The smallest absolute Gasteiger partial charge is 0.366 e. The van der Waals surface area contributed by atoms with E-state index in [-0.39, 0.29) is 6.42 Å². The molecule has 0 radical (unpaired) electrons. The van der Waals surface area contributed by atoms with Crippen LogP contribution in [0, 0.1) is 0 Å². The number of ether oxygens (including phenoxy) is 7. The molecule has 0 spiro atoms. The summed E-state index contributed by atoms with van der Waals surface area (Å²) in [7, 11) is 1.01. The average Bonchev–Trinajstić information content (AvgIpc) is 2.77. The lowest BCUT2D eigenvalue weighted by atomic mass is 9.92. The summed E-state index contributed by atoms with van der Waals surface area (Å²) in [5.41, 5.74) is 5.63. The number of hydrogen-bond acceptors (Lipinski definition) is 14. The van der Waals surface area contributed by atoms with Gasteiger partial charge in [0.2, 0.25) is 0 Å². The average molecular weight is 535 g/mol. The largest absolute Gasteiger partial charge is 0.480 e. The van der Waals surface area contributed by atoms with Gasteiger partial charge in [-0.1, -0.05) is 0 Å². The molecule has 210 valence electrons. The van der Waals surface area contributed by atoms with Crippen LogP contribution in [-0.4, -0.2) is 97.0 Å². The van der Waals surface area contributed by atoms with Crippen molar-refractivity contribution in [2.45, 2.75) is 89.8 Å². The molecule has 1 fully saturated rings. The van der Waals surface area contributed by atoms with Gasteiger partial charge >= 0.3 is 35.8 Å². The lowest BCUT2D eigenvalue weighted by molar-refractivity contribution is -0.319. The fourth-order valence-electron chi connectivity index (χ4n) is 3.69. The molecule has 0 saturated carbocycles. The fraction of sp³-hybridized carbons (Fsp3) is 0.727. The van der Waals surface area contributed by atoms with Crippen molar-refractivity contribution in [3.63, 3.8) is 0 Å². The van der Waals surface area contributed by atoms with Crippen LogP contribution >= 0.6 is 0 Å². The zero-order chi connectivity index (χ0) is 28.5. The van der Waals surface area contributed by atoms with Crippen molar-refractivity contribution in [2.24, 2.45) is 5.73 Å². The maximum atomic E-state index is 12.9. The van der Waals surface area contributed by atoms with Gasteiger partial charge in [0.05, 0.1) is 19.6 Å². The number of nitrogens with two attached hydrogens (primary N) is 1. The van der Waals surface area contributed by atoms with Gasteiger partial charge in [-0.2, -0.15) is 0 Å². The van der Waals surface area contributed by atoms with Crippen LogP contribution in [0.25, 0.3) is 0 Å². The minimum absolute atomic E-state index is 0.198. The Balaban J connectivity index is 3.58. The van der Waals surface area contributed by atoms with Crippen LogP contribution in [0.3, 0.4) is 0 Å². The lowest BCUT2D eigenvalue weighted by Crippen LogP contribution is -2.61. The van der Waals surface area contributed by atoms with Gasteiger partial charge in [0.15, 0.2) is 12.2 Å². The standard InChI is InChI=1S/C22H33NO14/c1-10(18(23)20(28)29)36-22(21(30)31-6)8-15(33-12(3)25)7-16(37-22)19(35-14(5)27)17(34-13(4)26)9-32-11(2)24/h10,15-19H,7-9,23H2,1-6H3,(H,28,29)/t10-,15?,16?,17?,18+,19?,22-/m1/s1. The Labute approximate surface area is 212 Å². The van der Waals surface area contributed by atoms with E-state index in [4.69, 9.17) is 38.9 Å². The summed E-state index contributed by atoms with van der Waals surface area (Å²) in [5.74, 6) is -8.10. The molecule has 15 nitrogen and oxygen atoms in total. The van der Waals surface area contributed by atoms with Crippen molar-refractivity contribution in [1.29, 1.82) is 0 Å². The third-order valence-corrected chi connectivity index (χ3v) is 5.13. The molecule has 7 atom stereocenters. The number of carboxylic acids is 1. The molecule has 1 aliphatic rings. The van der Waals surface area contributed by atoms with E-state index >= 15 is 0 Å². The zero-order valence-corrected chi connectivity index (χ0v) is 21.4. The fourth-order valence-corrected chi connectivity index (χ4v) is 3.69. The highest BCUT2D eigenvalue weighted by atomic mass is 16.7. The normalized spacial score (nSPS) is 24.4. The van der Waals surface area contributed by atoms with E-state index in [9.17, 15) is 33.9 Å². The number of aliphatic carboxylic acids is 1. The van der Waals surface area contributed by atoms with Crippen molar-refractivity contribution < 1.29 is 67.0 Å². The molecule has 1 saturated heterocycles. The van der Waals surface area contributed by atoms with E-state index in [1.165, 1.54) is 6.92 Å².